The molecule has 1 saturated heterocycles. The van der Waals surface area contributed by atoms with E-state index in [9.17, 15) is 14.4 Å². The number of amides is 1. The fourth-order valence-electron chi connectivity index (χ4n) is 5.45. The summed E-state index contributed by atoms with van der Waals surface area (Å²) >= 11 is 0. The molecular formula is C26H37NO6. The third kappa shape index (κ3) is 5.61. The number of hydrogen-bond donors (Lipinski definition) is 0. The molecule has 0 spiro atoms. The topological polar surface area (TPSA) is 82.1 Å². The van der Waals surface area contributed by atoms with Crippen molar-refractivity contribution in [3.05, 3.63) is 23.8 Å². The van der Waals surface area contributed by atoms with Gasteiger partial charge in [-0.2, -0.15) is 0 Å². The van der Waals surface area contributed by atoms with Gasteiger partial charge >= 0.3 is 18.0 Å². The highest BCUT2D eigenvalue weighted by Crippen LogP contribution is 2.43. The van der Waals surface area contributed by atoms with Crippen LogP contribution in [0.2, 0.25) is 0 Å². The van der Waals surface area contributed by atoms with Crippen molar-refractivity contribution in [2.75, 3.05) is 0 Å². The highest BCUT2D eigenvalue weighted by molar-refractivity contribution is 5.89. The van der Waals surface area contributed by atoms with E-state index in [2.05, 4.69) is 0 Å². The monoisotopic (exact) mass is 459 g/mol. The standard InChI is InChI=1S/C26H37NO6/c1-26(2,3)33-25(30)27-20-14-15-21(27)23(24(29)32-18-12-8-5-9-13-18)19(20)16-22(28)31-17-10-6-4-7-11-17/h14-18,20-21,23H,4-13H2,1-3H3/b19-16+/t20-,21+,23+/m1/s1. The lowest BCUT2D eigenvalue weighted by atomic mass is 9.88. The summed E-state index contributed by atoms with van der Waals surface area (Å²) in [7, 11) is 0. The predicted molar refractivity (Wildman–Crippen MR) is 122 cm³/mol. The fourth-order valence-corrected chi connectivity index (χ4v) is 5.45. The molecule has 2 saturated carbocycles. The first-order valence-electron chi connectivity index (χ1n) is 12.5. The maximum atomic E-state index is 13.3. The van der Waals surface area contributed by atoms with E-state index < -0.39 is 35.7 Å². The Morgan fingerprint density at radius 3 is 2.03 bits per heavy atom. The molecule has 4 aliphatic rings. The quantitative estimate of drug-likeness (QED) is 0.259. The average molecular weight is 460 g/mol. The van der Waals surface area contributed by atoms with Gasteiger partial charge in [-0.25, -0.2) is 9.59 Å². The highest BCUT2D eigenvalue weighted by atomic mass is 16.6. The Labute approximate surface area is 196 Å². The number of ether oxygens (including phenoxy) is 3. The molecule has 182 valence electrons. The van der Waals surface area contributed by atoms with Gasteiger partial charge in [0.15, 0.2) is 0 Å². The van der Waals surface area contributed by atoms with E-state index >= 15 is 0 Å². The van der Waals surface area contributed by atoms with Gasteiger partial charge in [0.25, 0.3) is 0 Å². The van der Waals surface area contributed by atoms with Gasteiger partial charge in [-0.15, -0.1) is 0 Å². The van der Waals surface area contributed by atoms with Gasteiger partial charge in [0, 0.05) is 6.08 Å². The van der Waals surface area contributed by atoms with Gasteiger partial charge in [-0.1, -0.05) is 25.0 Å². The fraction of sp³-hybridized carbons (Fsp3) is 0.731. The van der Waals surface area contributed by atoms with Crippen molar-refractivity contribution in [1.29, 1.82) is 0 Å². The van der Waals surface area contributed by atoms with Crippen molar-refractivity contribution in [1.82, 2.24) is 4.90 Å². The molecule has 3 atom stereocenters. The summed E-state index contributed by atoms with van der Waals surface area (Å²) in [5.41, 5.74) is -0.101. The molecule has 2 bridgehead atoms. The predicted octanol–water partition coefficient (Wildman–Crippen LogP) is 4.84. The summed E-state index contributed by atoms with van der Waals surface area (Å²) in [6, 6.07) is -1.03. The zero-order valence-corrected chi connectivity index (χ0v) is 20.1. The molecule has 2 aliphatic heterocycles. The van der Waals surface area contributed by atoms with Crippen LogP contribution in [0.1, 0.15) is 85.0 Å². The third-order valence-corrected chi connectivity index (χ3v) is 6.97. The minimum absolute atomic E-state index is 0.0770. The third-order valence-electron chi connectivity index (χ3n) is 6.97. The smallest absolute Gasteiger partial charge is 0.411 e. The van der Waals surface area contributed by atoms with Crippen LogP contribution < -0.4 is 0 Å². The molecule has 0 unspecified atom stereocenters. The van der Waals surface area contributed by atoms with Crippen LogP contribution in [0.15, 0.2) is 23.8 Å². The molecule has 2 aliphatic carbocycles. The molecule has 3 fully saturated rings. The van der Waals surface area contributed by atoms with Crippen LogP contribution in [0.4, 0.5) is 4.79 Å². The molecule has 0 aromatic rings. The van der Waals surface area contributed by atoms with Crippen molar-refractivity contribution in [3.63, 3.8) is 0 Å². The number of nitrogens with zero attached hydrogens (tertiary/aromatic N) is 1. The lowest BCUT2D eigenvalue weighted by Crippen LogP contribution is -2.42. The van der Waals surface area contributed by atoms with Gasteiger partial charge < -0.3 is 14.2 Å². The maximum absolute atomic E-state index is 13.3. The number of fused-ring (bicyclic) bond motifs is 2. The Balaban J connectivity index is 1.55. The lowest BCUT2D eigenvalue weighted by Gasteiger charge is -2.28. The van der Waals surface area contributed by atoms with Gasteiger partial charge in [0.2, 0.25) is 0 Å². The highest BCUT2D eigenvalue weighted by Gasteiger charge is 2.54. The zero-order chi connectivity index (χ0) is 23.6. The molecule has 0 radical (unpaired) electrons. The molecule has 0 aromatic carbocycles. The minimum Gasteiger partial charge on any atom is -0.462 e. The first-order valence-corrected chi connectivity index (χ1v) is 12.5. The first-order chi connectivity index (χ1) is 15.7. The molecule has 4 rings (SSSR count). The average Bonchev–Trinajstić information content (AvgIpc) is 3.30. The van der Waals surface area contributed by atoms with E-state index in [0.29, 0.717) is 5.57 Å². The molecule has 7 nitrogen and oxygen atoms in total. The van der Waals surface area contributed by atoms with Gasteiger partial charge in [-0.05, 0) is 77.7 Å². The van der Waals surface area contributed by atoms with Gasteiger partial charge in [-0.3, -0.25) is 9.69 Å². The lowest BCUT2D eigenvalue weighted by molar-refractivity contribution is -0.154. The SMILES string of the molecule is CC(C)(C)OC(=O)N1[C@@H]2C=C[C@H]1[C@@H](C(=O)OC1CCCCC1)/C2=C/C(=O)OC1CCCCC1. The molecule has 1 amide bonds. The summed E-state index contributed by atoms with van der Waals surface area (Å²) in [5.74, 6) is -1.53. The molecule has 2 heterocycles. The van der Waals surface area contributed by atoms with E-state index in [1.165, 1.54) is 12.5 Å². The Kier molecular flexibility index (Phi) is 7.15. The number of carbonyl (C=O) groups is 3. The molecule has 33 heavy (non-hydrogen) atoms. The summed E-state index contributed by atoms with van der Waals surface area (Å²) in [5, 5.41) is 0. The first kappa shape index (κ1) is 23.8. The van der Waals surface area contributed by atoms with Crippen LogP contribution in [0.3, 0.4) is 0 Å². The van der Waals surface area contributed by atoms with E-state index in [4.69, 9.17) is 14.2 Å². The summed E-state index contributed by atoms with van der Waals surface area (Å²) < 4.78 is 17.2. The molecular weight excluding hydrogens is 422 g/mol. The Morgan fingerprint density at radius 1 is 0.879 bits per heavy atom. The molecule has 0 N–H and O–H groups in total. The van der Waals surface area contributed by atoms with Crippen molar-refractivity contribution < 1.29 is 28.6 Å². The summed E-state index contributed by atoms with van der Waals surface area (Å²) in [6.07, 6.45) is 14.5. The number of rotatable bonds is 4. The van der Waals surface area contributed by atoms with Crippen LogP contribution in [0.5, 0.6) is 0 Å². The van der Waals surface area contributed by atoms with E-state index in [0.717, 1.165) is 57.8 Å². The Hall–Kier alpha value is -2.31. The van der Waals surface area contributed by atoms with Crippen molar-refractivity contribution in [2.45, 2.75) is 115 Å². The van der Waals surface area contributed by atoms with Crippen LogP contribution >= 0.6 is 0 Å². The van der Waals surface area contributed by atoms with Crippen LogP contribution in [-0.4, -0.2) is 52.8 Å². The zero-order valence-electron chi connectivity index (χ0n) is 20.1. The van der Waals surface area contributed by atoms with Gasteiger partial charge in [0.1, 0.15) is 23.7 Å². The van der Waals surface area contributed by atoms with Gasteiger partial charge in [0.05, 0.1) is 12.1 Å². The number of carbonyl (C=O) groups excluding carboxylic acids is 3. The second kappa shape index (κ2) is 9.90. The normalized spacial score (nSPS) is 29.4. The van der Waals surface area contributed by atoms with E-state index in [1.54, 1.807) is 4.90 Å². The second-order valence-corrected chi connectivity index (χ2v) is 10.7. The Morgan fingerprint density at radius 2 is 1.45 bits per heavy atom. The van der Waals surface area contributed by atoms with Crippen LogP contribution in [-0.2, 0) is 23.8 Å². The molecule has 7 heteroatoms. The Bertz CT molecular complexity index is 813. The van der Waals surface area contributed by atoms with E-state index in [-0.39, 0.29) is 18.2 Å². The maximum Gasteiger partial charge on any atom is 0.411 e. The van der Waals surface area contributed by atoms with Crippen LogP contribution in [0.25, 0.3) is 0 Å². The second-order valence-electron chi connectivity index (χ2n) is 10.7. The van der Waals surface area contributed by atoms with Crippen molar-refractivity contribution in [3.8, 4) is 0 Å². The number of hydrogen-bond acceptors (Lipinski definition) is 6. The number of esters is 2. The summed E-state index contributed by atoms with van der Waals surface area (Å²) in [6.45, 7) is 5.43. The minimum atomic E-state index is -0.714. The van der Waals surface area contributed by atoms with E-state index in [1.807, 2.05) is 32.9 Å². The van der Waals surface area contributed by atoms with Crippen molar-refractivity contribution >= 4 is 18.0 Å². The summed E-state index contributed by atoms with van der Waals surface area (Å²) in [4.78, 5) is 40.7. The van der Waals surface area contributed by atoms with Crippen LogP contribution in [0, 0.1) is 5.92 Å². The largest absolute Gasteiger partial charge is 0.462 e. The molecule has 0 aromatic heterocycles. The van der Waals surface area contributed by atoms with Crippen molar-refractivity contribution in [2.24, 2.45) is 5.92 Å².